The lowest BCUT2D eigenvalue weighted by Crippen LogP contribution is -2.40. The maximum atomic E-state index is 11.8. The molecule has 17 heavy (non-hydrogen) atoms. The van der Waals surface area contributed by atoms with E-state index in [9.17, 15) is 4.79 Å². The van der Waals surface area contributed by atoms with Crippen molar-refractivity contribution in [3.05, 3.63) is 21.9 Å². The van der Waals surface area contributed by atoms with Crippen molar-refractivity contribution in [3.8, 4) is 0 Å². The Morgan fingerprint density at radius 2 is 2.12 bits per heavy atom. The number of thiophene rings is 1. The molecule has 0 saturated heterocycles. The van der Waals surface area contributed by atoms with E-state index in [4.69, 9.17) is 0 Å². The van der Waals surface area contributed by atoms with E-state index in [-0.39, 0.29) is 17.9 Å². The Morgan fingerprint density at radius 3 is 2.65 bits per heavy atom. The number of hydrogen-bond acceptors (Lipinski definition) is 3. The van der Waals surface area contributed by atoms with Crippen LogP contribution in [0.3, 0.4) is 0 Å². The molecule has 0 bridgehead atoms. The molecule has 1 heterocycles. The Morgan fingerprint density at radius 1 is 1.41 bits per heavy atom. The van der Waals surface area contributed by atoms with Gasteiger partial charge in [-0.05, 0) is 33.0 Å². The number of carbonyl (C=O) groups is 1. The maximum absolute atomic E-state index is 11.8. The summed E-state index contributed by atoms with van der Waals surface area (Å²) >= 11 is 1.80. The van der Waals surface area contributed by atoms with Gasteiger partial charge in [-0.3, -0.25) is 4.79 Å². The van der Waals surface area contributed by atoms with E-state index in [1.54, 1.807) is 11.3 Å². The van der Waals surface area contributed by atoms with Crippen molar-refractivity contribution >= 4 is 17.2 Å². The van der Waals surface area contributed by atoms with Crippen LogP contribution in [0, 0.1) is 12.8 Å². The van der Waals surface area contributed by atoms with Gasteiger partial charge in [0.05, 0.1) is 0 Å². The first kappa shape index (κ1) is 14.2. The second kappa shape index (κ2) is 6.77. The van der Waals surface area contributed by atoms with Gasteiger partial charge in [0, 0.05) is 34.7 Å². The van der Waals surface area contributed by atoms with Crippen molar-refractivity contribution in [2.24, 2.45) is 5.92 Å². The van der Waals surface area contributed by atoms with Crippen LogP contribution in [0.2, 0.25) is 0 Å². The van der Waals surface area contributed by atoms with E-state index in [0.29, 0.717) is 0 Å². The van der Waals surface area contributed by atoms with Crippen molar-refractivity contribution < 1.29 is 4.79 Å². The summed E-state index contributed by atoms with van der Waals surface area (Å²) in [6, 6.07) is 4.46. The molecule has 0 aliphatic heterocycles. The highest BCUT2D eigenvalue weighted by molar-refractivity contribution is 7.11. The molecule has 4 heteroatoms. The maximum Gasteiger partial charge on any atom is 0.224 e. The molecule has 0 aromatic carbocycles. The minimum absolute atomic E-state index is 0.0209. The third kappa shape index (κ3) is 4.88. The predicted molar refractivity (Wildman–Crippen MR) is 73.5 cm³/mol. The van der Waals surface area contributed by atoms with Gasteiger partial charge in [-0.15, -0.1) is 11.3 Å². The normalized spacial score (nSPS) is 14.4. The molecule has 1 rings (SSSR count). The number of carbonyl (C=O) groups excluding carboxylic acids is 1. The van der Waals surface area contributed by atoms with Crippen LogP contribution in [0.1, 0.15) is 23.6 Å². The Kier molecular flexibility index (Phi) is 5.65. The van der Waals surface area contributed by atoms with Crippen molar-refractivity contribution in [1.82, 2.24) is 10.6 Å². The van der Waals surface area contributed by atoms with Crippen LogP contribution in [0.15, 0.2) is 12.1 Å². The van der Waals surface area contributed by atoms with Crippen molar-refractivity contribution in [2.45, 2.75) is 33.2 Å². The van der Waals surface area contributed by atoms with E-state index in [2.05, 4.69) is 36.6 Å². The lowest BCUT2D eigenvalue weighted by molar-refractivity contribution is -0.124. The molecule has 2 atom stereocenters. The fourth-order valence-electron chi connectivity index (χ4n) is 1.73. The molecular formula is C13H22N2OS. The zero-order valence-corrected chi connectivity index (χ0v) is 11.9. The molecular weight excluding hydrogens is 232 g/mol. The van der Waals surface area contributed by atoms with Gasteiger partial charge in [-0.25, -0.2) is 0 Å². The van der Waals surface area contributed by atoms with Crippen LogP contribution in [-0.2, 0) is 11.2 Å². The van der Waals surface area contributed by atoms with Gasteiger partial charge in [0.25, 0.3) is 0 Å². The summed E-state index contributed by atoms with van der Waals surface area (Å²) in [6.45, 7) is 6.82. The third-order valence-corrected chi connectivity index (χ3v) is 3.67. The van der Waals surface area contributed by atoms with Gasteiger partial charge < -0.3 is 10.6 Å². The van der Waals surface area contributed by atoms with Crippen LogP contribution in [-0.4, -0.2) is 25.5 Å². The summed E-state index contributed by atoms with van der Waals surface area (Å²) < 4.78 is 0. The molecule has 96 valence electrons. The number of rotatable bonds is 6. The van der Waals surface area contributed by atoms with Crippen molar-refractivity contribution in [1.29, 1.82) is 0 Å². The molecule has 1 amide bonds. The smallest absolute Gasteiger partial charge is 0.224 e. The van der Waals surface area contributed by atoms with Crippen LogP contribution >= 0.6 is 11.3 Å². The lowest BCUT2D eigenvalue weighted by atomic mass is 10.1. The fourth-order valence-corrected chi connectivity index (χ4v) is 2.75. The lowest BCUT2D eigenvalue weighted by Gasteiger charge is -2.16. The highest BCUT2D eigenvalue weighted by Crippen LogP contribution is 2.16. The second-order valence-corrected chi connectivity index (χ2v) is 5.96. The number of nitrogens with one attached hydrogen (secondary N) is 2. The predicted octanol–water partition coefficient (Wildman–Crippen LogP) is 1.96. The van der Waals surface area contributed by atoms with Gasteiger partial charge >= 0.3 is 0 Å². The van der Waals surface area contributed by atoms with E-state index < -0.39 is 0 Å². The molecule has 3 nitrogen and oxygen atoms in total. The fraction of sp³-hybridized carbons (Fsp3) is 0.615. The van der Waals surface area contributed by atoms with E-state index >= 15 is 0 Å². The summed E-state index contributed by atoms with van der Waals surface area (Å²) in [5.74, 6) is 0.146. The van der Waals surface area contributed by atoms with Crippen molar-refractivity contribution in [2.75, 3.05) is 13.6 Å². The van der Waals surface area contributed by atoms with Crippen molar-refractivity contribution in [3.63, 3.8) is 0 Å². The Labute approximate surface area is 108 Å². The molecule has 0 aliphatic rings. The monoisotopic (exact) mass is 254 g/mol. The molecule has 1 aromatic rings. The summed E-state index contributed by atoms with van der Waals surface area (Å²) in [6.07, 6.45) is 0.913. The standard InChI is InChI=1S/C13H22N2OS/c1-9(8-14-4)13(16)15-10(2)7-12-6-5-11(3)17-12/h5-6,9-10,14H,7-8H2,1-4H3,(H,15,16). The van der Waals surface area contributed by atoms with E-state index in [1.807, 2.05) is 14.0 Å². The first-order valence-electron chi connectivity index (χ1n) is 6.03. The average molecular weight is 254 g/mol. The number of amides is 1. The van der Waals surface area contributed by atoms with Crippen LogP contribution in [0.4, 0.5) is 0 Å². The molecule has 0 aliphatic carbocycles. The summed E-state index contributed by atoms with van der Waals surface area (Å²) in [5.41, 5.74) is 0. The van der Waals surface area contributed by atoms with Crippen LogP contribution < -0.4 is 10.6 Å². The van der Waals surface area contributed by atoms with E-state index in [0.717, 1.165) is 13.0 Å². The second-order valence-electron chi connectivity index (χ2n) is 4.58. The molecule has 1 aromatic heterocycles. The van der Waals surface area contributed by atoms with Gasteiger partial charge in [-0.2, -0.15) is 0 Å². The quantitative estimate of drug-likeness (QED) is 0.815. The number of hydrogen-bond donors (Lipinski definition) is 2. The van der Waals surface area contributed by atoms with Gasteiger partial charge in [0.15, 0.2) is 0 Å². The molecule has 2 N–H and O–H groups in total. The molecule has 0 fully saturated rings. The SMILES string of the molecule is CNCC(C)C(=O)NC(C)Cc1ccc(C)s1. The molecule has 0 radical (unpaired) electrons. The highest BCUT2D eigenvalue weighted by Gasteiger charge is 2.14. The third-order valence-electron chi connectivity index (χ3n) is 2.65. The zero-order valence-electron chi connectivity index (χ0n) is 11.0. The molecule has 0 spiro atoms. The van der Waals surface area contributed by atoms with Gasteiger partial charge in [0.1, 0.15) is 0 Å². The summed E-state index contributed by atoms with van der Waals surface area (Å²) in [4.78, 5) is 14.4. The van der Waals surface area contributed by atoms with Crippen LogP contribution in [0.5, 0.6) is 0 Å². The van der Waals surface area contributed by atoms with Crippen LogP contribution in [0.25, 0.3) is 0 Å². The first-order chi connectivity index (χ1) is 8.02. The minimum Gasteiger partial charge on any atom is -0.353 e. The Bertz CT molecular complexity index is 362. The topological polar surface area (TPSA) is 41.1 Å². The number of aryl methyl sites for hydroxylation is 1. The molecule has 0 saturated carbocycles. The summed E-state index contributed by atoms with van der Waals surface area (Å²) in [5, 5.41) is 6.07. The largest absolute Gasteiger partial charge is 0.353 e. The zero-order chi connectivity index (χ0) is 12.8. The first-order valence-corrected chi connectivity index (χ1v) is 6.85. The molecule has 2 unspecified atom stereocenters. The highest BCUT2D eigenvalue weighted by atomic mass is 32.1. The Hall–Kier alpha value is -0.870. The van der Waals surface area contributed by atoms with Gasteiger partial charge in [-0.1, -0.05) is 6.92 Å². The summed E-state index contributed by atoms with van der Waals surface area (Å²) in [7, 11) is 1.86. The average Bonchev–Trinajstić information content (AvgIpc) is 2.64. The Balaban J connectivity index is 2.38. The van der Waals surface area contributed by atoms with Gasteiger partial charge in [0.2, 0.25) is 5.91 Å². The minimum atomic E-state index is 0.0209. The van der Waals surface area contributed by atoms with E-state index in [1.165, 1.54) is 9.75 Å².